The molecule has 0 radical (unpaired) electrons. The number of hydrogen-bond acceptors (Lipinski definition) is 3. The molecule has 0 aromatic heterocycles. The number of ether oxygens (including phenoxy) is 1. The van der Waals surface area contributed by atoms with Crippen molar-refractivity contribution in [3.8, 4) is 0 Å². The van der Waals surface area contributed by atoms with Crippen LogP contribution in [0.4, 0.5) is 8.68 Å². The van der Waals surface area contributed by atoms with Gasteiger partial charge in [-0.2, -0.15) is 3.89 Å². The molecule has 0 bridgehead atoms. The summed E-state index contributed by atoms with van der Waals surface area (Å²) in [4.78, 5) is 9.89. The molecule has 0 unspecified atom stereocenters. The Morgan fingerprint density at radius 3 is 3.00 bits per heavy atom. The van der Waals surface area contributed by atoms with Gasteiger partial charge in [0, 0.05) is 0 Å². The Kier molecular flexibility index (Phi) is 4.35. The Bertz CT molecular complexity index is 94.0. The van der Waals surface area contributed by atoms with Crippen molar-refractivity contribution in [2.45, 2.75) is 0 Å². The normalized spacial score (nSPS) is 8.12. The lowest BCUT2D eigenvalue weighted by molar-refractivity contribution is 0.187. The van der Waals surface area contributed by atoms with Gasteiger partial charge in [-0.05, 0) is 0 Å². The summed E-state index contributed by atoms with van der Waals surface area (Å²) in [5, 5.41) is -0.926. The van der Waals surface area contributed by atoms with Crippen LogP contribution >= 0.6 is 12.1 Å². The molecule has 0 aliphatic heterocycles. The van der Waals surface area contributed by atoms with Crippen molar-refractivity contribution in [2.24, 2.45) is 0 Å². The fourth-order valence-corrected chi connectivity index (χ4v) is 0.262. The maximum absolute atomic E-state index is 11.1. The third-order valence-corrected chi connectivity index (χ3v) is 0.626. The molecule has 0 spiro atoms. The van der Waals surface area contributed by atoms with Crippen LogP contribution in [0.1, 0.15) is 0 Å². The van der Waals surface area contributed by atoms with E-state index in [0.717, 1.165) is 0 Å². The van der Waals surface area contributed by atoms with Crippen molar-refractivity contribution in [3.63, 3.8) is 0 Å². The van der Waals surface area contributed by atoms with Crippen LogP contribution in [0.25, 0.3) is 0 Å². The smallest absolute Gasteiger partial charge is 0.400 e. The van der Waals surface area contributed by atoms with Crippen molar-refractivity contribution in [1.29, 1.82) is 0 Å². The van der Waals surface area contributed by atoms with Gasteiger partial charge in [0.2, 0.25) is 0 Å². The molecular weight excluding hydrogens is 131 g/mol. The zero-order valence-electron chi connectivity index (χ0n) is 4.09. The van der Waals surface area contributed by atoms with Gasteiger partial charge >= 0.3 is 5.30 Å². The van der Waals surface area contributed by atoms with E-state index in [1.807, 2.05) is 0 Å². The van der Waals surface area contributed by atoms with Gasteiger partial charge < -0.3 is 4.74 Å². The van der Waals surface area contributed by atoms with Crippen LogP contribution in [-0.2, 0) is 4.74 Å². The third-order valence-electron chi connectivity index (χ3n) is 0.382. The van der Waals surface area contributed by atoms with Gasteiger partial charge in [-0.15, -0.1) is 0 Å². The zero-order valence-corrected chi connectivity index (χ0v) is 4.91. The maximum Gasteiger partial charge on any atom is 0.400 e. The van der Waals surface area contributed by atoms with Crippen LogP contribution in [0.15, 0.2) is 12.7 Å². The minimum atomic E-state index is -0.926. The molecule has 0 heterocycles. The quantitative estimate of drug-likeness (QED) is 0.428. The molecule has 0 aromatic carbocycles. The van der Waals surface area contributed by atoms with Crippen LogP contribution in [-0.4, -0.2) is 11.9 Å². The minimum absolute atomic E-state index is 0.0652. The molecule has 0 amide bonds. The molecule has 0 atom stereocenters. The van der Waals surface area contributed by atoms with E-state index in [9.17, 15) is 8.68 Å². The topological polar surface area (TPSA) is 26.3 Å². The summed E-state index contributed by atoms with van der Waals surface area (Å²) >= 11 is -0.444. The van der Waals surface area contributed by atoms with Crippen molar-refractivity contribution < 1.29 is 13.4 Å². The van der Waals surface area contributed by atoms with Gasteiger partial charge in [-0.1, -0.05) is 12.7 Å². The maximum atomic E-state index is 11.1. The molecule has 2 nitrogen and oxygen atoms in total. The average Bonchev–Trinajstić information content (AvgIpc) is 1.83. The van der Waals surface area contributed by atoms with Gasteiger partial charge in [0.25, 0.3) is 0 Å². The predicted molar refractivity (Wildman–Crippen MR) is 30.2 cm³/mol. The van der Waals surface area contributed by atoms with Gasteiger partial charge in [0.1, 0.15) is 6.61 Å². The van der Waals surface area contributed by atoms with E-state index >= 15 is 0 Å². The predicted octanol–water partition coefficient (Wildman–Crippen LogP) is 1.93. The largest absolute Gasteiger partial charge is 0.452 e. The lowest BCUT2D eigenvalue weighted by atomic mass is 10.7. The first-order chi connectivity index (χ1) is 3.81. The fraction of sp³-hybridized carbons (Fsp3) is 0.250. The fourth-order valence-electron chi connectivity index (χ4n) is 0.149. The summed E-state index contributed by atoms with van der Waals surface area (Å²) in [5.41, 5.74) is 0. The van der Waals surface area contributed by atoms with Crippen molar-refractivity contribution >= 4 is 17.4 Å². The second-order valence-electron chi connectivity index (χ2n) is 0.927. The van der Waals surface area contributed by atoms with E-state index < -0.39 is 17.4 Å². The number of hydrogen-bond donors (Lipinski definition) is 0. The molecule has 8 heavy (non-hydrogen) atoms. The highest BCUT2D eigenvalue weighted by molar-refractivity contribution is 8.08. The van der Waals surface area contributed by atoms with E-state index in [4.69, 9.17) is 0 Å². The lowest BCUT2D eigenvalue weighted by Gasteiger charge is -1.91. The molecule has 4 heteroatoms. The highest BCUT2D eigenvalue weighted by Crippen LogP contribution is 2.03. The Hall–Kier alpha value is -0.510. The van der Waals surface area contributed by atoms with Crippen molar-refractivity contribution in [2.75, 3.05) is 6.61 Å². The Morgan fingerprint density at radius 2 is 2.62 bits per heavy atom. The van der Waals surface area contributed by atoms with Gasteiger partial charge in [0.15, 0.2) is 12.1 Å². The van der Waals surface area contributed by atoms with Crippen LogP contribution in [0.5, 0.6) is 0 Å². The van der Waals surface area contributed by atoms with Gasteiger partial charge in [-0.25, -0.2) is 4.79 Å². The van der Waals surface area contributed by atoms with Crippen LogP contribution in [0.3, 0.4) is 0 Å². The summed E-state index contributed by atoms with van der Waals surface area (Å²) in [7, 11) is 0. The third kappa shape index (κ3) is 3.67. The lowest BCUT2D eigenvalue weighted by Crippen LogP contribution is -1.93. The molecule has 0 fully saturated rings. The molecule has 0 aliphatic rings. The Labute approximate surface area is 51.0 Å². The second-order valence-corrected chi connectivity index (χ2v) is 1.41. The van der Waals surface area contributed by atoms with E-state index in [1.165, 1.54) is 6.08 Å². The molecule has 0 aromatic rings. The molecule has 46 valence electrons. The average molecular weight is 136 g/mol. The number of halogens is 1. The Morgan fingerprint density at radius 1 is 2.00 bits per heavy atom. The summed E-state index contributed by atoms with van der Waals surface area (Å²) in [5.74, 6) is 0. The van der Waals surface area contributed by atoms with Crippen LogP contribution in [0.2, 0.25) is 0 Å². The first-order valence-electron chi connectivity index (χ1n) is 1.87. The van der Waals surface area contributed by atoms with E-state index in [0.29, 0.717) is 0 Å². The number of carbonyl (C=O) groups is 1. The van der Waals surface area contributed by atoms with E-state index in [1.54, 1.807) is 0 Å². The SMILES string of the molecule is C=CCOC(=O)SF. The summed E-state index contributed by atoms with van der Waals surface area (Å²) < 4.78 is 15.3. The minimum Gasteiger partial charge on any atom is -0.452 e. The molecule has 0 aliphatic carbocycles. The van der Waals surface area contributed by atoms with Crippen molar-refractivity contribution in [1.82, 2.24) is 0 Å². The molecule has 0 N–H and O–H groups in total. The van der Waals surface area contributed by atoms with E-state index in [2.05, 4.69) is 11.3 Å². The van der Waals surface area contributed by atoms with Crippen LogP contribution in [0, 0.1) is 0 Å². The Balaban J connectivity index is 3.11. The van der Waals surface area contributed by atoms with Crippen LogP contribution < -0.4 is 0 Å². The van der Waals surface area contributed by atoms with E-state index in [-0.39, 0.29) is 6.61 Å². The molecule has 0 saturated heterocycles. The molecule has 0 rings (SSSR count). The molecular formula is C4H5FO2S. The monoisotopic (exact) mass is 136 g/mol. The van der Waals surface area contributed by atoms with Gasteiger partial charge in [-0.3, -0.25) is 0 Å². The first-order valence-corrected chi connectivity index (χ1v) is 2.59. The number of carbonyl (C=O) groups excluding carboxylic acids is 1. The molecule has 0 saturated carbocycles. The van der Waals surface area contributed by atoms with Gasteiger partial charge in [0.05, 0.1) is 0 Å². The summed E-state index contributed by atoms with van der Waals surface area (Å²) in [6, 6.07) is 0. The number of rotatable bonds is 2. The van der Waals surface area contributed by atoms with Crippen molar-refractivity contribution in [3.05, 3.63) is 12.7 Å². The standard InChI is InChI=1S/C4H5FO2S/c1-2-3-7-4(6)8-5/h2H,1,3H2. The zero-order chi connectivity index (χ0) is 6.41. The summed E-state index contributed by atoms with van der Waals surface area (Å²) in [6.45, 7) is 3.32. The summed E-state index contributed by atoms with van der Waals surface area (Å²) in [6.07, 6.45) is 1.37. The second kappa shape index (κ2) is 4.64. The highest BCUT2D eigenvalue weighted by Gasteiger charge is 1.98. The highest BCUT2D eigenvalue weighted by atomic mass is 32.2. The first kappa shape index (κ1) is 7.49.